The van der Waals surface area contributed by atoms with Gasteiger partial charge in [0.1, 0.15) is 6.04 Å². The zero-order valence-corrected chi connectivity index (χ0v) is 23.9. The van der Waals surface area contributed by atoms with Crippen molar-refractivity contribution in [2.75, 3.05) is 20.7 Å². The monoisotopic (exact) mass is 501 g/mol. The van der Waals surface area contributed by atoms with Gasteiger partial charge in [-0.05, 0) is 38.3 Å². The van der Waals surface area contributed by atoms with E-state index in [0.29, 0.717) is 18.6 Å². The normalized spacial score (nSPS) is 15.0. The van der Waals surface area contributed by atoms with E-state index < -0.39 is 22.9 Å². The number of hydrogen-bond donors (Lipinski definition) is 2. The van der Waals surface area contributed by atoms with E-state index in [1.54, 1.807) is 38.9 Å². The number of nitrogens with one attached hydrogen (secondary N) is 2. The fourth-order valence-electron chi connectivity index (χ4n) is 4.38. The van der Waals surface area contributed by atoms with Gasteiger partial charge in [-0.15, -0.1) is 0 Å². The number of esters is 1. The van der Waals surface area contributed by atoms with Crippen LogP contribution in [0.4, 0.5) is 0 Å². The Hall–Kier alpha value is -2.67. The molecule has 1 unspecified atom stereocenters. The maximum atomic E-state index is 13.8. The molecule has 202 valence electrons. The molecule has 0 aromatic heterocycles. The van der Waals surface area contributed by atoms with Crippen LogP contribution in [0, 0.1) is 5.41 Å². The Labute approximate surface area is 218 Å². The van der Waals surface area contributed by atoms with Gasteiger partial charge in [-0.2, -0.15) is 0 Å². The van der Waals surface area contributed by atoms with Crippen LogP contribution in [0.2, 0.25) is 0 Å². The maximum absolute atomic E-state index is 13.8. The van der Waals surface area contributed by atoms with E-state index in [1.807, 2.05) is 71.9 Å². The molecule has 0 radical (unpaired) electrons. The molecule has 0 saturated carbocycles. The highest BCUT2D eigenvalue weighted by molar-refractivity contribution is 5.92. The second-order valence-electron chi connectivity index (χ2n) is 11.0. The van der Waals surface area contributed by atoms with Crippen molar-refractivity contribution < 1.29 is 19.1 Å². The third kappa shape index (κ3) is 8.19. The van der Waals surface area contributed by atoms with Crippen molar-refractivity contribution in [3.8, 4) is 0 Å². The highest BCUT2D eigenvalue weighted by atomic mass is 16.5. The Bertz CT molecular complexity index is 903. The summed E-state index contributed by atoms with van der Waals surface area (Å²) in [6.45, 7) is 15.6. The van der Waals surface area contributed by atoms with Crippen LogP contribution in [0.1, 0.15) is 73.8 Å². The summed E-state index contributed by atoms with van der Waals surface area (Å²) in [5.41, 5.74) is 0.443. The average molecular weight is 502 g/mol. The zero-order chi connectivity index (χ0) is 27.7. The van der Waals surface area contributed by atoms with Crippen molar-refractivity contribution in [2.45, 2.75) is 91.8 Å². The first kappa shape index (κ1) is 31.4. The summed E-state index contributed by atoms with van der Waals surface area (Å²) in [5, 5.41) is 6.21. The van der Waals surface area contributed by atoms with Gasteiger partial charge in [0.25, 0.3) is 0 Å². The molecule has 36 heavy (non-hydrogen) atoms. The van der Waals surface area contributed by atoms with Crippen LogP contribution in [-0.4, -0.2) is 61.5 Å². The fourth-order valence-corrected chi connectivity index (χ4v) is 4.38. The van der Waals surface area contributed by atoms with Gasteiger partial charge in [-0.25, -0.2) is 4.79 Å². The minimum atomic E-state index is -0.756. The van der Waals surface area contributed by atoms with Gasteiger partial charge in [0.2, 0.25) is 11.8 Å². The summed E-state index contributed by atoms with van der Waals surface area (Å²) >= 11 is 0. The van der Waals surface area contributed by atoms with Crippen LogP contribution in [0.5, 0.6) is 0 Å². The molecular weight excluding hydrogens is 454 g/mol. The molecule has 7 nitrogen and oxygen atoms in total. The zero-order valence-electron chi connectivity index (χ0n) is 23.9. The van der Waals surface area contributed by atoms with Gasteiger partial charge < -0.3 is 20.3 Å². The van der Waals surface area contributed by atoms with E-state index in [9.17, 15) is 14.4 Å². The van der Waals surface area contributed by atoms with Gasteiger partial charge in [-0.1, -0.05) is 84.4 Å². The minimum absolute atomic E-state index is 0.199. The second kappa shape index (κ2) is 13.6. The number of nitrogens with zero attached hydrogens (tertiary/aromatic N) is 1. The lowest BCUT2D eigenvalue weighted by atomic mass is 9.76. The molecule has 0 aliphatic heterocycles. The van der Waals surface area contributed by atoms with Crippen molar-refractivity contribution in [1.29, 1.82) is 0 Å². The Balaban J connectivity index is 3.25. The molecule has 0 bridgehead atoms. The van der Waals surface area contributed by atoms with Crippen molar-refractivity contribution in [2.24, 2.45) is 5.41 Å². The largest absolute Gasteiger partial charge is 0.463 e. The summed E-state index contributed by atoms with van der Waals surface area (Å²) in [5.74, 6) is -0.826. The van der Waals surface area contributed by atoms with Gasteiger partial charge in [0, 0.05) is 18.0 Å². The second-order valence-corrected chi connectivity index (χ2v) is 11.0. The summed E-state index contributed by atoms with van der Waals surface area (Å²) in [6, 6.07) is 8.26. The molecular formula is C29H47N3O4. The molecule has 1 rings (SSSR count). The maximum Gasteiger partial charge on any atom is 0.333 e. The molecule has 0 aliphatic carbocycles. The summed E-state index contributed by atoms with van der Waals surface area (Å²) < 4.78 is 5.11. The molecule has 3 atom stereocenters. The molecule has 1 aromatic rings. The molecule has 2 amide bonds. The SMILES string of the molecule is CCC[C@@H](/C=C(\C)C(=O)OCC)N(C)C(=O)[C@@H](NC(=O)C(NC)C(C)(C)c1ccccc1)C(C)(C)C. The third-order valence-electron chi connectivity index (χ3n) is 6.66. The number of carbonyl (C=O) groups excluding carboxylic acids is 3. The number of hydrogen-bond acceptors (Lipinski definition) is 5. The fraction of sp³-hybridized carbons (Fsp3) is 0.621. The van der Waals surface area contributed by atoms with E-state index in [1.165, 1.54) is 0 Å². The van der Waals surface area contributed by atoms with Crippen molar-refractivity contribution in [3.63, 3.8) is 0 Å². The first-order valence-electron chi connectivity index (χ1n) is 12.9. The van der Waals surface area contributed by atoms with Gasteiger partial charge in [0.15, 0.2) is 0 Å². The Morgan fingerprint density at radius 3 is 2.08 bits per heavy atom. The van der Waals surface area contributed by atoms with Crippen LogP contribution in [0.3, 0.4) is 0 Å². The number of ether oxygens (including phenoxy) is 1. The van der Waals surface area contributed by atoms with E-state index in [-0.39, 0.29) is 23.8 Å². The van der Waals surface area contributed by atoms with E-state index in [0.717, 1.165) is 12.0 Å². The van der Waals surface area contributed by atoms with Crippen LogP contribution < -0.4 is 10.6 Å². The summed E-state index contributed by atoms with van der Waals surface area (Å²) in [6.07, 6.45) is 3.30. The average Bonchev–Trinajstić information content (AvgIpc) is 2.81. The first-order chi connectivity index (χ1) is 16.7. The highest BCUT2D eigenvalue weighted by Gasteiger charge is 2.41. The molecule has 0 saturated heterocycles. The highest BCUT2D eigenvalue weighted by Crippen LogP contribution is 2.29. The van der Waals surface area contributed by atoms with Gasteiger partial charge >= 0.3 is 5.97 Å². The predicted molar refractivity (Wildman–Crippen MR) is 146 cm³/mol. The molecule has 0 spiro atoms. The van der Waals surface area contributed by atoms with Gasteiger partial charge in [-0.3, -0.25) is 9.59 Å². The van der Waals surface area contributed by atoms with E-state index in [4.69, 9.17) is 4.74 Å². The molecule has 0 fully saturated rings. The molecule has 2 N–H and O–H groups in total. The van der Waals surface area contributed by atoms with Crippen molar-refractivity contribution >= 4 is 17.8 Å². The van der Waals surface area contributed by atoms with Crippen LogP contribution >= 0.6 is 0 Å². The molecule has 0 aliphatic rings. The quantitative estimate of drug-likeness (QED) is 0.331. The lowest BCUT2D eigenvalue weighted by Crippen LogP contribution is -2.61. The lowest BCUT2D eigenvalue weighted by molar-refractivity contribution is -0.140. The lowest BCUT2D eigenvalue weighted by Gasteiger charge is -2.39. The van der Waals surface area contributed by atoms with Crippen molar-refractivity contribution in [3.05, 3.63) is 47.5 Å². The Morgan fingerprint density at radius 1 is 1.03 bits per heavy atom. The minimum Gasteiger partial charge on any atom is -0.463 e. The number of amides is 2. The topological polar surface area (TPSA) is 87.7 Å². The Morgan fingerprint density at radius 2 is 1.61 bits per heavy atom. The van der Waals surface area contributed by atoms with E-state index in [2.05, 4.69) is 10.6 Å². The third-order valence-corrected chi connectivity index (χ3v) is 6.66. The number of carbonyl (C=O) groups is 3. The molecule has 7 heteroatoms. The summed E-state index contributed by atoms with van der Waals surface area (Å²) in [4.78, 5) is 41.2. The van der Waals surface area contributed by atoms with Gasteiger partial charge in [0.05, 0.1) is 18.7 Å². The summed E-state index contributed by atoms with van der Waals surface area (Å²) in [7, 11) is 3.49. The van der Waals surface area contributed by atoms with Crippen molar-refractivity contribution in [1.82, 2.24) is 15.5 Å². The van der Waals surface area contributed by atoms with Crippen LogP contribution in [-0.2, 0) is 24.5 Å². The Kier molecular flexibility index (Phi) is 11.8. The van der Waals surface area contributed by atoms with E-state index >= 15 is 0 Å². The number of likely N-dealkylation sites (N-methyl/N-ethyl adjacent to an activating group) is 2. The number of benzene rings is 1. The van der Waals surface area contributed by atoms with Crippen LogP contribution in [0.15, 0.2) is 42.0 Å². The van der Waals surface area contributed by atoms with Crippen LogP contribution in [0.25, 0.3) is 0 Å². The molecule has 1 aromatic carbocycles. The number of rotatable bonds is 12. The predicted octanol–water partition coefficient (Wildman–Crippen LogP) is 4.22. The first-order valence-corrected chi connectivity index (χ1v) is 12.9. The molecule has 0 heterocycles. The smallest absolute Gasteiger partial charge is 0.333 e. The standard InChI is InChI=1S/C29H47N3O4/c1-11-16-22(19-20(3)27(35)36-12-2)32(10)26(34)24(28(4,5)6)31-25(33)23(30-9)29(7,8)21-17-14-13-15-18-21/h13-15,17-19,22-24,30H,11-12,16H2,1-10H3,(H,31,33)/b20-19+/t22-,23?,24+/m0/s1.